The molecule has 3 aliphatic carbocycles. The van der Waals surface area contributed by atoms with E-state index in [9.17, 15) is 0 Å². The molecule has 7 aromatic carbocycles. The first-order valence-corrected chi connectivity index (χ1v) is 22.0. The van der Waals surface area contributed by atoms with E-state index in [1.807, 2.05) is 0 Å². The first-order chi connectivity index (χ1) is 30.7. The maximum Gasteiger partial charge on any atom is 0.0461 e. The van der Waals surface area contributed by atoms with E-state index >= 15 is 0 Å². The minimum atomic E-state index is 0.377. The Bertz CT molecular complexity index is 2790. The SMILES string of the molecule is C1=CC(c2ccccc2)CC=C1N(C1=CC=C(c2ccc(N(C3=CCC(c4ccccc4)C=C3)c3ccc(-c4ccccc4)cc3)cc2)CC1)c1ccc(-c2ccccc2)cc1. The Labute approximate surface area is 367 Å². The van der Waals surface area contributed by atoms with Gasteiger partial charge in [0.05, 0.1) is 0 Å². The predicted molar refractivity (Wildman–Crippen MR) is 262 cm³/mol. The molecule has 2 unspecified atom stereocenters. The highest BCUT2D eigenvalue weighted by Gasteiger charge is 2.23. The zero-order valence-corrected chi connectivity index (χ0v) is 35.0. The Kier molecular flexibility index (Phi) is 11.3. The highest BCUT2D eigenvalue weighted by Crippen LogP contribution is 2.40. The molecule has 2 atom stereocenters. The number of anilines is 3. The predicted octanol–water partition coefficient (Wildman–Crippen LogP) is 16.0. The zero-order valence-electron chi connectivity index (χ0n) is 35.0. The number of allylic oxidation sites excluding steroid dienone is 10. The lowest BCUT2D eigenvalue weighted by Crippen LogP contribution is -2.23. The topological polar surface area (TPSA) is 6.48 Å². The molecule has 62 heavy (non-hydrogen) atoms. The van der Waals surface area contributed by atoms with Crippen LogP contribution in [-0.4, -0.2) is 0 Å². The van der Waals surface area contributed by atoms with Gasteiger partial charge in [0.25, 0.3) is 0 Å². The van der Waals surface area contributed by atoms with Crippen molar-refractivity contribution in [3.8, 4) is 22.3 Å². The van der Waals surface area contributed by atoms with Gasteiger partial charge in [-0.25, -0.2) is 0 Å². The average Bonchev–Trinajstić information content (AvgIpc) is 3.36. The van der Waals surface area contributed by atoms with Gasteiger partial charge in [-0.15, -0.1) is 0 Å². The van der Waals surface area contributed by atoms with Crippen LogP contribution in [0.3, 0.4) is 0 Å². The van der Waals surface area contributed by atoms with Gasteiger partial charge in [-0.1, -0.05) is 188 Å². The van der Waals surface area contributed by atoms with E-state index in [2.05, 4.69) is 253 Å². The van der Waals surface area contributed by atoms with Crippen LogP contribution in [0.5, 0.6) is 0 Å². The van der Waals surface area contributed by atoms with E-state index in [1.165, 1.54) is 67.3 Å². The molecule has 0 aromatic heterocycles. The van der Waals surface area contributed by atoms with Gasteiger partial charge in [0.1, 0.15) is 0 Å². The lowest BCUT2D eigenvalue weighted by Gasteiger charge is -2.32. The van der Waals surface area contributed by atoms with E-state index in [4.69, 9.17) is 0 Å². The van der Waals surface area contributed by atoms with E-state index < -0.39 is 0 Å². The van der Waals surface area contributed by atoms with E-state index in [1.54, 1.807) is 0 Å². The van der Waals surface area contributed by atoms with Crippen molar-refractivity contribution in [3.63, 3.8) is 0 Å². The maximum absolute atomic E-state index is 2.47. The van der Waals surface area contributed by atoms with Crippen LogP contribution in [0, 0.1) is 0 Å². The molecule has 7 aromatic rings. The highest BCUT2D eigenvalue weighted by atomic mass is 15.2. The molecule has 300 valence electrons. The van der Waals surface area contributed by atoms with Crippen LogP contribution in [-0.2, 0) is 0 Å². The molecule has 3 aliphatic rings. The van der Waals surface area contributed by atoms with Gasteiger partial charge in [-0.05, 0) is 125 Å². The van der Waals surface area contributed by atoms with Gasteiger partial charge < -0.3 is 9.80 Å². The number of nitrogens with zero attached hydrogens (tertiary/aromatic N) is 2. The van der Waals surface area contributed by atoms with Crippen molar-refractivity contribution in [1.82, 2.24) is 0 Å². The van der Waals surface area contributed by atoms with Crippen LogP contribution in [0.2, 0.25) is 0 Å². The fraction of sp³-hybridized carbons (Fsp3) is 0.100. The summed E-state index contributed by atoms with van der Waals surface area (Å²) in [5.74, 6) is 0.764. The highest BCUT2D eigenvalue weighted by molar-refractivity contribution is 5.77. The fourth-order valence-electron chi connectivity index (χ4n) is 9.12. The van der Waals surface area contributed by atoms with Crippen molar-refractivity contribution in [2.45, 2.75) is 37.5 Å². The van der Waals surface area contributed by atoms with Gasteiger partial charge in [-0.2, -0.15) is 0 Å². The summed E-state index contributed by atoms with van der Waals surface area (Å²) >= 11 is 0. The molecule has 0 spiro atoms. The monoisotopic (exact) mass is 798 g/mol. The summed E-state index contributed by atoms with van der Waals surface area (Å²) < 4.78 is 0. The van der Waals surface area contributed by atoms with Crippen molar-refractivity contribution < 1.29 is 0 Å². The Balaban J connectivity index is 0.931. The van der Waals surface area contributed by atoms with Crippen LogP contribution < -0.4 is 9.80 Å². The normalized spacial score (nSPS) is 17.0. The zero-order chi connectivity index (χ0) is 41.5. The summed E-state index contributed by atoms with van der Waals surface area (Å²) in [4.78, 5) is 4.87. The maximum atomic E-state index is 2.47. The standard InChI is InChI=1S/C60H50N2/c1-5-13-45(14-6-1)49-21-33-55(34-22-49)61(56-35-23-50(24-36-56)46-15-7-2-8-16-46)59-41-29-53(30-42-59)54-31-43-60(44-32-54)62(57-37-25-51(26-38-57)47-17-9-3-10-18-47)58-39-27-52(28-40-58)48-19-11-4-12-20-48/h1-23,25-27,29-31,33-43,50,52H,24,28,32,44H2. The van der Waals surface area contributed by atoms with Crippen LogP contribution in [0.15, 0.2) is 260 Å². The lowest BCUT2D eigenvalue weighted by atomic mass is 9.90. The Hall–Kier alpha value is -7.42. The Morgan fingerprint density at radius 3 is 1.13 bits per heavy atom. The fourth-order valence-corrected chi connectivity index (χ4v) is 9.12. The third-order valence-electron chi connectivity index (χ3n) is 12.5. The molecule has 0 saturated carbocycles. The molecule has 0 N–H and O–H groups in total. The molecule has 0 amide bonds. The van der Waals surface area contributed by atoms with Crippen molar-refractivity contribution in [1.29, 1.82) is 0 Å². The van der Waals surface area contributed by atoms with E-state index in [0.717, 1.165) is 37.1 Å². The van der Waals surface area contributed by atoms with Crippen molar-refractivity contribution in [2.24, 2.45) is 0 Å². The van der Waals surface area contributed by atoms with Crippen molar-refractivity contribution in [2.75, 3.05) is 9.80 Å². The summed E-state index contributed by atoms with van der Waals surface area (Å²) in [6.07, 6.45) is 22.7. The smallest absolute Gasteiger partial charge is 0.0461 e. The first-order valence-electron chi connectivity index (χ1n) is 22.0. The average molecular weight is 799 g/mol. The van der Waals surface area contributed by atoms with Gasteiger partial charge in [0.15, 0.2) is 0 Å². The summed E-state index contributed by atoms with van der Waals surface area (Å²) in [6.45, 7) is 0. The van der Waals surface area contributed by atoms with Gasteiger partial charge in [0.2, 0.25) is 0 Å². The van der Waals surface area contributed by atoms with Crippen molar-refractivity contribution >= 4 is 22.6 Å². The largest absolute Gasteiger partial charge is 0.315 e. The molecule has 0 saturated heterocycles. The minimum Gasteiger partial charge on any atom is -0.315 e. The molecule has 10 rings (SSSR count). The van der Waals surface area contributed by atoms with Gasteiger partial charge >= 0.3 is 0 Å². The van der Waals surface area contributed by atoms with Gasteiger partial charge in [-0.3, -0.25) is 0 Å². The lowest BCUT2D eigenvalue weighted by molar-refractivity contribution is 0.828. The number of benzene rings is 7. The third-order valence-corrected chi connectivity index (χ3v) is 12.5. The summed E-state index contributed by atoms with van der Waals surface area (Å²) in [5, 5.41) is 0. The Morgan fingerprint density at radius 1 is 0.339 bits per heavy atom. The second kappa shape index (κ2) is 18.1. The second-order valence-corrected chi connectivity index (χ2v) is 16.4. The minimum absolute atomic E-state index is 0.377. The molecule has 0 aliphatic heterocycles. The number of hydrogen-bond acceptors (Lipinski definition) is 2. The first kappa shape index (κ1) is 38.8. The van der Waals surface area contributed by atoms with Crippen LogP contribution >= 0.6 is 0 Å². The molecular formula is C60H50N2. The van der Waals surface area contributed by atoms with Crippen LogP contribution in [0.4, 0.5) is 17.1 Å². The van der Waals surface area contributed by atoms with E-state index in [0.29, 0.717) is 11.8 Å². The van der Waals surface area contributed by atoms with Crippen LogP contribution in [0.25, 0.3) is 27.8 Å². The molecule has 0 heterocycles. The number of rotatable bonds is 11. The summed E-state index contributed by atoms with van der Waals surface area (Å²) in [7, 11) is 0. The second-order valence-electron chi connectivity index (χ2n) is 16.4. The molecule has 2 heteroatoms. The van der Waals surface area contributed by atoms with Crippen molar-refractivity contribution in [3.05, 3.63) is 277 Å². The number of hydrogen-bond donors (Lipinski definition) is 0. The van der Waals surface area contributed by atoms with Crippen LogP contribution in [0.1, 0.15) is 54.2 Å². The molecule has 0 radical (unpaired) electrons. The molecule has 0 fully saturated rings. The quantitative estimate of drug-likeness (QED) is 0.129. The van der Waals surface area contributed by atoms with Gasteiger partial charge in [0, 0.05) is 46.0 Å². The molecular weight excluding hydrogens is 749 g/mol. The third kappa shape index (κ3) is 8.46. The summed E-state index contributed by atoms with van der Waals surface area (Å²) in [5.41, 5.74) is 17.5. The Morgan fingerprint density at radius 2 is 0.726 bits per heavy atom. The van der Waals surface area contributed by atoms with E-state index in [-0.39, 0.29) is 0 Å². The molecule has 0 bridgehead atoms. The molecule has 2 nitrogen and oxygen atoms in total. The summed E-state index contributed by atoms with van der Waals surface area (Å²) in [6, 6.07) is 70.2.